The molecule has 0 aliphatic heterocycles. The Morgan fingerprint density at radius 2 is 1.74 bits per heavy atom. The molecule has 0 aliphatic carbocycles. The fourth-order valence-electron chi connectivity index (χ4n) is 2.06. The van der Waals surface area contributed by atoms with E-state index in [1.807, 2.05) is 6.07 Å². The zero-order valence-corrected chi connectivity index (χ0v) is 13.9. The SMILES string of the molecule is COC(=O)[C@H](Cc1ccccc1Cl)NC(=O)c1ccc(Cl)cc1. The lowest BCUT2D eigenvalue weighted by Gasteiger charge is -2.17. The average molecular weight is 352 g/mol. The van der Waals surface area contributed by atoms with Gasteiger partial charge < -0.3 is 10.1 Å². The maximum Gasteiger partial charge on any atom is 0.328 e. The molecule has 23 heavy (non-hydrogen) atoms. The van der Waals surface area contributed by atoms with Gasteiger partial charge in [-0.2, -0.15) is 0 Å². The first-order valence-electron chi connectivity index (χ1n) is 6.89. The number of hydrogen-bond donors (Lipinski definition) is 1. The quantitative estimate of drug-likeness (QED) is 0.838. The molecular weight excluding hydrogens is 337 g/mol. The van der Waals surface area contributed by atoms with Gasteiger partial charge in [0.05, 0.1) is 7.11 Å². The first-order valence-corrected chi connectivity index (χ1v) is 7.64. The molecule has 0 fully saturated rings. The fourth-order valence-corrected chi connectivity index (χ4v) is 2.40. The number of benzene rings is 2. The van der Waals surface area contributed by atoms with Crippen LogP contribution in [0.25, 0.3) is 0 Å². The number of amides is 1. The number of ether oxygens (including phenoxy) is 1. The summed E-state index contributed by atoms with van der Waals surface area (Å²) in [5, 5.41) is 3.72. The van der Waals surface area contributed by atoms with Crippen LogP contribution < -0.4 is 5.32 Å². The minimum Gasteiger partial charge on any atom is -0.467 e. The number of halogens is 2. The predicted octanol–water partition coefficient (Wildman–Crippen LogP) is 3.51. The third-order valence-electron chi connectivity index (χ3n) is 3.28. The van der Waals surface area contributed by atoms with Gasteiger partial charge in [-0.25, -0.2) is 4.79 Å². The van der Waals surface area contributed by atoms with Crippen molar-refractivity contribution in [2.45, 2.75) is 12.5 Å². The Hall–Kier alpha value is -2.04. The Kier molecular flexibility index (Phi) is 6.02. The molecule has 1 amide bonds. The van der Waals surface area contributed by atoms with Crippen LogP contribution in [0.2, 0.25) is 10.0 Å². The Morgan fingerprint density at radius 1 is 1.09 bits per heavy atom. The highest BCUT2D eigenvalue weighted by Crippen LogP contribution is 2.17. The highest BCUT2D eigenvalue weighted by Gasteiger charge is 2.23. The number of methoxy groups -OCH3 is 1. The van der Waals surface area contributed by atoms with Crippen LogP contribution in [-0.4, -0.2) is 25.0 Å². The number of hydrogen-bond acceptors (Lipinski definition) is 3. The van der Waals surface area contributed by atoms with Crippen molar-refractivity contribution in [3.8, 4) is 0 Å². The Labute approximate surface area is 144 Å². The predicted molar refractivity (Wildman–Crippen MR) is 89.9 cm³/mol. The van der Waals surface area contributed by atoms with Crippen LogP contribution in [0.15, 0.2) is 48.5 Å². The number of esters is 1. The molecule has 120 valence electrons. The topological polar surface area (TPSA) is 55.4 Å². The maximum atomic E-state index is 12.3. The first kappa shape index (κ1) is 17.3. The van der Waals surface area contributed by atoms with Crippen LogP contribution in [0.3, 0.4) is 0 Å². The monoisotopic (exact) mass is 351 g/mol. The Balaban J connectivity index is 2.16. The molecule has 0 heterocycles. The fraction of sp³-hybridized carbons (Fsp3) is 0.176. The molecule has 0 radical (unpaired) electrons. The van der Waals surface area contributed by atoms with Crippen LogP contribution in [-0.2, 0) is 16.0 Å². The molecule has 2 rings (SSSR count). The number of carbonyl (C=O) groups excluding carboxylic acids is 2. The lowest BCUT2D eigenvalue weighted by molar-refractivity contribution is -0.142. The van der Waals surface area contributed by atoms with Gasteiger partial charge in [-0.05, 0) is 35.9 Å². The van der Waals surface area contributed by atoms with E-state index in [0.717, 1.165) is 5.56 Å². The second-order valence-electron chi connectivity index (χ2n) is 4.85. The zero-order valence-electron chi connectivity index (χ0n) is 12.4. The van der Waals surface area contributed by atoms with Crippen LogP contribution >= 0.6 is 23.2 Å². The van der Waals surface area contributed by atoms with Crippen molar-refractivity contribution in [2.24, 2.45) is 0 Å². The molecule has 0 aromatic heterocycles. The molecule has 1 N–H and O–H groups in total. The normalized spacial score (nSPS) is 11.6. The van der Waals surface area contributed by atoms with E-state index in [0.29, 0.717) is 15.6 Å². The Morgan fingerprint density at radius 3 is 2.35 bits per heavy atom. The average Bonchev–Trinajstić information content (AvgIpc) is 2.56. The highest BCUT2D eigenvalue weighted by molar-refractivity contribution is 6.31. The van der Waals surface area contributed by atoms with E-state index >= 15 is 0 Å². The van der Waals surface area contributed by atoms with E-state index in [4.69, 9.17) is 27.9 Å². The molecule has 0 saturated carbocycles. The minimum atomic E-state index is -0.830. The van der Waals surface area contributed by atoms with Crippen molar-refractivity contribution in [1.82, 2.24) is 5.32 Å². The summed E-state index contributed by atoms with van der Waals surface area (Å²) >= 11 is 11.9. The van der Waals surface area contributed by atoms with Gasteiger partial charge >= 0.3 is 5.97 Å². The van der Waals surface area contributed by atoms with Crippen molar-refractivity contribution >= 4 is 35.1 Å². The lowest BCUT2D eigenvalue weighted by atomic mass is 10.1. The molecule has 2 aromatic carbocycles. The largest absolute Gasteiger partial charge is 0.467 e. The smallest absolute Gasteiger partial charge is 0.328 e. The van der Waals surface area contributed by atoms with Crippen LogP contribution in [0.1, 0.15) is 15.9 Å². The summed E-state index contributed by atoms with van der Waals surface area (Å²) in [6, 6.07) is 12.7. The van der Waals surface area contributed by atoms with Gasteiger partial charge in [0.25, 0.3) is 5.91 Å². The van der Waals surface area contributed by atoms with Gasteiger partial charge in [0.15, 0.2) is 0 Å². The molecule has 0 bridgehead atoms. The summed E-state index contributed by atoms with van der Waals surface area (Å²) in [7, 11) is 1.27. The summed E-state index contributed by atoms with van der Waals surface area (Å²) in [4.78, 5) is 24.2. The van der Waals surface area contributed by atoms with Gasteiger partial charge in [0, 0.05) is 22.0 Å². The summed E-state index contributed by atoms with van der Waals surface area (Å²) in [6.45, 7) is 0. The highest BCUT2D eigenvalue weighted by atomic mass is 35.5. The molecular formula is C17H15Cl2NO3. The standard InChI is InChI=1S/C17H15Cl2NO3/c1-23-17(22)15(10-12-4-2-3-5-14(12)19)20-16(21)11-6-8-13(18)9-7-11/h2-9,15H,10H2,1H3,(H,20,21)/t15-/m0/s1. The molecule has 1 atom stereocenters. The summed E-state index contributed by atoms with van der Waals surface area (Å²) in [5.41, 5.74) is 1.16. The molecule has 0 unspecified atom stereocenters. The van der Waals surface area contributed by atoms with E-state index in [1.54, 1.807) is 42.5 Å². The van der Waals surface area contributed by atoms with E-state index < -0.39 is 12.0 Å². The van der Waals surface area contributed by atoms with Gasteiger partial charge in [-0.15, -0.1) is 0 Å². The van der Waals surface area contributed by atoms with E-state index in [9.17, 15) is 9.59 Å². The number of carbonyl (C=O) groups is 2. The van der Waals surface area contributed by atoms with Crippen molar-refractivity contribution in [3.63, 3.8) is 0 Å². The van der Waals surface area contributed by atoms with Crippen molar-refractivity contribution in [3.05, 3.63) is 69.7 Å². The molecule has 0 spiro atoms. The van der Waals surface area contributed by atoms with Crippen molar-refractivity contribution < 1.29 is 14.3 Å². The molecule has 0 saturated heterocycles. The molecule has 0 aliphatic rings. The van der Waals surface area contributed by atoms with Gasteiger partial charge in [0.2, 0.25) is 0 Å². The molecule has 6 heteroatoms. The van der Waals surface area contributed by atoms with Crippen molar-refractivity contribution in [1.29, 1.82) is 0 Å². The minimum absolute atomic E-state index is 0.242. The summed E-state index contributed by atoms with van der Waals surface area (Å²) < 4.78 is 4.76. The van der Waals surface area contributed by atoms with Crippen LogP contribution in [0.4, 0.5) is 0 Å². The number of rotatable bonds is 5. The van der Waals surface area contributed by atoms with Gasteiger partial charge in [-0.3, -0.25) is 4.79 Å². The summed E-state index contributed by atoms with van der Waals surface area (Å²) in [6.07, 6.45) is 0.242. The maximum absolute atomic E-state index is 12.3. The molecule has 2 aromatic rings. The van der Waals surface area contributed by atoms with Crippen LogP contribution in [0, 0.1) is 0 Å². The van der Waals surface area contributed by atoms with Gasteiger partial charge in [0.1, 0.15) is 6.04 Å². The lowest BCUT2D eigenvalue weighted by Crippen LogP contribution is -2.43. The first-order chi connectivity index (χ1) is 11.0. The second kappa shape index (κ2) is 7.99. The zero-order chi connectivity index (χ0) is 16.8. The van der Waals surface area contributed by atoms with E-state index in [-0.39, 0.29) is 12.3 Å². The third kappa shape index (κ3) is 4.71. The Bertz CT molecular complexity index is 701. The van der Waals surface area contributed by atoms with Gasteiger partial charge in [-0.1, -0.05) is 41.4 Å². The van der Waals surface area contributed by atoms with E-state index in [1.165, 1.54) is 7.11 Å². The van der Waals surface area contributed by atoms with Crippen LogP contribution in [0.5, 0.6) is 0 Å². The van der Waals surface area contributed by atoms with Crippen molar-refractivity contribution in [2.75, 3.05) is 7.11 Å². The van der Waals surface area contributed by atoms with E-state index in [2.05, 4.69) is 5.32 Å². The summed E-state index contributed by atoms with van der Waals surface area (Å²) in [5.74, 6) is -0.920. The molecule has 4 nitrogen and oxygen atoms in total. The second-order valence-corrected chi connectivity index (χ2v) is 5.70. The number of nitrogens with one attached hydrogen (secondary N) is 1. The third-order valence-corrected chi connectivity index (χ3v) is 3.90.